The predicted octanol–water partition coefficient (Wildman–Crippen LogP) is 2.36. The van der Waals surface area contributed by atoms with Gasteiger partial charge in [0.15, 0.2) is 5.11 Å². The number of ether oxygens (including phenoxy) is 2. The van der Waals surface area contributed by atoms with E-state index >= 15 is 0 Å². The number of thiocarbonyl (C=S) groups is 1. The van der Waals surface area contributed by atoms with Crippen LogP contribution in [0.15, 0.2) is 28.8 Å². The first kappa shape index (κ1) is 21.6. The van der Waals surface area contributed by atoms with Crippen LogP contribution in [-0.2, 0) is 11.3 Å². The number of methoxy groups -OCH3 is 1. The Morgan fingerprint density at radius 2 is 2.14 bits per heavy atom. The van der Waals surface area contributed by atoms with Crippen molar-refractivity contribution in [2.75, 3.05) is 27.3 Å². The van der Waals surface area contributed by atoms with Crippen molar-refractivity contribution in [2.24, 2.45) is 0 Å². The van der Waals surface area contributed by atoms with Gasteiger partial charge in [0, 0.05) is 32.9 Å². The van der Waals surface area contributed by atoms with Crippen LogP contribution in [0.4, 0.5) is 0 Å². The fourth-order valence-corrected chi connectivity index (χ4v) is 2.54. The summed E-state index contributed by atoms with van der Waals surface area (Å²) in [4.78, 5) is 12.5. The summed E-state index contributed by atoms with van der Waals surface area (Å²) >= 11 is 5.25. The van der Waals surface area contributed by atoms with E-state index in [1.165, 1.54) is 5.01 Å². The second-order valence-corrected chi connectivity index (χ2v) is 6.58. The second-order valence-electron chi connectivity index (χ2n) is 6.20. The predicted molar refractivity (Wildman–Crippen MR) is 109 cm³/mol. The molecule has 2 N–H and O–H groups in total. The molecule has 0 aliphatic rings. The molecule has 0 bridgehead atoms. The van der Waals surface area contributed by atoms with Gasteiger partial charge in [0.05, 0.1) is 11.3 Å². The first-order chi connectivity index (χ1) is 13.4. The van der Waals surface area contributed by atoms with E-state index in [0.717, 1.165) is 23.4 Å². The highest BCUT2D eigenvalue weighted by atomic mass is 32.1. The molecule has 0 saturated carbocycles. The maximum atomic E-state index is 12.5. The highest BCUT2D eigenvalue weighted by Gasteiger charge is 2.13. The Kier molecular flexibility index (Phi) is 8.21. The number of hydrazine groups is 1. The van der Waals surface area contributed by atoms with Crippen LogP contribution in [0.2, 0.25) is 0 Å². The number of aromatic nitrogens is 1. The van der Waals surface area contributed by atoms with Crippen LogP contribution in [0.3, 0.4) is 0 Å². The van der Waals surface area contributed by atoms with Gasteiger partial charge in [0.1, 0.15) is 18.1 Å². The summed E-state index contributed by atoms with van der Waals surface area (Å²) in [6, 6.07) is 6.94. The highest BCUT2D eigenvalue weighted by molar-refractivity contribution is 7.80. The monoisotopic (exact) mass is 406 g/mol. The standard InChI is InChI=1S/C19H26N4O4S/c1-13-17(14(2)27-22-13)12-26-16-8-5-7-15(11-16)18(24)21-23(3)19(28)20-9-6-10-25-4/h5,7-8,11H,6,9-10,12H2,1-4H3,(H,20,28)(H,21,24). The molecular formula is C19H26N4O4S. The van der Waals surface area contributed by atoms with Crippen molar-refractivity contribution in [3.8, 4) is 5.75 Å². The number of carbonyl (C=O) groups is 1. The second kappa shape index (κ2) is 10.6. The zero-order chi connectivity index (χ0) is 20.5. The molecule has 1 amide bonds. The minimum atomic E-state index is -0.286. The Hall–Kier alpha value is -2.65. The van der Waals surface area contributed by atoms with Gasteiger partial charge in [0.25, 0.3) is 5.91 Å². The Bertz CT molecular complexity index is 789. The molecule has 0 fully saturated rings. The van der Waals surface area contributed by atoms with Gasteiger partial charge >= 0.3 is 0 Å². The maximum absolute atomic E-state index is 12.5. The quantitative estimate of drug-likeness (QED) is 0.392. The smallest absolute Gasteiger partial charge is 0.269 e. The SMILES string of the molecule is COCCCNC(=S)N(C)NC(=O)c1cccc(OCc2c(C)noc2C)c1. The molecular weight excluding hydrogens is 380 g/mol. The molecule has 0 saturated heterocycles. The molecule has 0 aliphatic heterocycles. The molecule has 2 aromatic rings. The summed E-state index contributed by atoms with van der Waals surface area (Å²) < 4.78 is 15.9. The number of carbonyl (C=O) groups excluding carboxylic acids is 1. The van der Waals surface area contributed by atoms with Gasteiger partial charge in [-0.25, -0.2) is 0 Å². The van der Waals surface area contributed by atoms with Gasteiger partial charge in [-0.05, 0) is 50.7 Å². The van der Waals surface area contributed by atoms with E-state index in [0.29, 0.717) is 36.2 Å². The lowest BCUT2D eigenvalue weighted by Crippen LogP contribution is -2.48. The molecule has 8 nitrogen and oxygen atoms in total. The molecule has 0 radical (unpaired) electrons. The molecule has 0 spiro atoms. The Morgan fingerprint density at radius 1 is 1.36 bits per heavy atom. The largest absolute Gasteiger partial charge is 0.489 e. The van der Waals surface area contributed by atoms with Crippen LogP contribution < -0.4 is 15.5 Å². The number of benzene rings is 1. The molecule has 1 heterocycles. The van der Waals surface area contributed by atoms with Crippen LogP contribution in [-0.4, -0.2) is 48.5 Å². The minimum absolute atomic E-state index is 0.286. The fourth-order valence-electron chi connectivity index (χ4n) is 2.39. The number of nitrogens with zero attached hydrogens (tertiary/aromatic N) is 2. The van der Waals surface area contributed by atoms with Gasteiger partial charge in [-0.1, -0.05) is 11.2 Å². The molecule has 1 aromatic carbocycles. The zero-order valence-corrected chi connectivity index (χ0v) is 17.4. The van der Waals surface area contributed by atoms with E-state index in [1.807, 2.05) is 13.8 Å². The van der Waals surface area contributed by atoms with Crippen LogP contribution in [0.5, 0.6) is 5.75 Å². The maximum Gasteiger partial charge on any atom is 0.269 e. The molecule has 0 aliphatic carbocycles. The lowest BCUT2D eigenvalue weighted by molar-refractivity contribution is 0.0885. The number of aryl methyl sites for hydroxylation is 2. The van der Waals surface area contributed by atoms with Crippen LogP contribution in [0, 0.1) is 13.8 Å². The summed E-state index contributed by atoms with van der Waals surface area (Å²) in [5, 5.41) is 8.86. The number of hydrogen-bond donors (Lipinski definition) is 2. The van der Waals surface area contributed by atoms with E-state index in [2.05, 4.69) is 15.9 Å². The van der Waals surface area contributed by atoms with Crippen molar-refractivity contribution in [1.82, 2.24) is 20.9 Å². The third-order valence-corrected chi connectivity index (χ3v) is 4.45. The average Bonchev–Trinajstić information content (AvgIpc) is 3.01. The molecule has 2 rings (SSSR count). The van der Waals surface area contributed by atoms with Crippen molar-refractivity contribution >= 4 is 23.2 Å². The van der Waals surface area contributed by atoms with E-state index in [1.54, 1.807) is 38.4 Å². The summed E-state index contributed by atoms with van der Waals surface area (Å²) in [5.41, 5.74) is 4.89. The third kappa shape index (κ3) is 6.21. The van der Waals surface area contributed by atoms with Gasteiger partial charge < -0.3 is 19.3 Å². The normalized spacial score (nSPS) is 10.4. The van der Waals surface area contributed by atoms with Gasteiger partial charge in [-0.3, -0.25) is 15.2 Å². The number of hydrogen-bond acceptors (Lipinski definition) is 6. The van der Waals surface area contributed by atoms with Crippen molar-refractivity contribution < 1.29 is 18.8 Å². The summed E-state index contributed by atoms with van der Waals surface area (Å²) in [7, 11) is 3.33. The minimum Gasteiger partial charge on any atom is -0.489 e. The van der Waals surface area contributed by atoms with E-state index < -0.39 is 0 Å². The first-order valence-corrected chi connectivity index (χ1v) is 9.29. The van der Waals surface area contributed by atoms with Gasteiger partial charge in [0.2, 0.25) is 0 Å². The van der Waals surface area contributed by atoms with Gasteiger partial charge in [-0.2, -0.15) is 0 Å². The van der Waals surface area contributed by atoms with Crippen LogP contribution in [0.25, 0.3) is 0 Å². The molecule has 152 valence electrons. The number of amides is 1. The molecule has 0 atom stereocenters. The lowest BCUT2D eigenvalue weighted by atomic mass is 10.2. The lowest BCUT2D eigenvalue weighted by Gasteiger charge is -2.21. The Morgan fingerprint density at radius 3 is 2.82 bits per heavy atom. The van der Waals surface area contributed by atoms with Crippen molar-refractivity contribution in [2.45, 2.75) is 26.9 Å². The summed E-state index contributed by atoms with van der Waals surface area (Å²) in [6.45, 7) is 5.33. The Balaban J connectivity index is 1.89. The van der Waals surface area contributed by atoms with E-state index in [9.17, 15) is 4.79 Å². The molecule has 1 aromatic heterocycles. The van der Waals surface area contributed by atoms with E-state index in [4.69, 9.17) is 26.2 Å². The highest BCUT2D eigenvalue weighted by Crippen LogP contribution is 2.18. The first-order valence-electron chi connectivity index (χ1n) is 8.88. The molecule has 9 heteroatoms. The third-order valence-electron chi connectivity index (χ3n) is 4.04. The van der Waals surface area contributed by atoms with Crippen molar-refractivity contribution in [3.63, 3.8) is 0 Å². The molecule has 0 unspecified atom stereocenters. The summed E-state index contributed by atoms with van der Waals surface area (Å²) in [5.74, 6) is 1.02. The van der Waals surface area contributed by atoms with E-state index in [-0.39, 0.29) is 5.91 Å². The van der Waals surface area contributed by atoms with Crippen molar-refractivity contribution in [1.29, 1.82) is 0 Å². The number of rotatable bonds is 8. The van der Waals surface area contributed by atoms with Crippen LogP contribution >= 0.6 is 12.2 Å². The molecule has 28 heavy (non-hydrogen) atoms. The van der Waals surface area contributed by atoms with Gasteiger partial charge in [-0.15, -0.1) is 0 Å². The van der Waals surface area contributed by atoms with Crippen molar-refractivity contribution in [3.05, 3.63) is 46.8 Å². The number of nitrogens with one attached hydrogen (secondary N) is 2. The Labute approximate surface area is 170 Å². The van der Waals surface area contributed by atoms with Crippen LogP contribution in [0.1, 0.15) is 33.8 Å². The average molecular weight is 407 g/mol. The fraction of sp³-hybridized carbons (Fsp3) is 0.421. The summed E-state index contributed by atoms with van der Waals surface area (Å²) in [6.07, 6.45) is 0.822. The zero-order valence-electron chi connectivity index (χ0n) is 16.6. The topological polar surface area (TPSA) is 88.9 Å².